The molecule has 1 aromatic carbocycles. The first-order chi connectivity index (χ1) is 8.27. The SMILES string of the molecule is [C-]#[N+]C1(C(=O)NCc2ccccc2)CCCC1. The van der Waals surface area contributed by atoms with E-state index >= 15 is 0 Å². The number of hydrogen-bond acceptors (Lipinski definition) is 1. The summed E-state index contributed by atoms with van der Waals surface area (Å²) in [7, 11) is 0. The van der Waals surface area contributed by atoms with Crippen molar-refractivity contribution in [2.24, 2.45) is 0 Å². The Morgan fingerprint density at radius 1 is 1.29 bits per heavy atom. The minimum Gasteiger partial charge on any atom is -0.345 e. The standard InChI is InChI=1S/C14H16N2O/c1-15-14(9-5-6-10-14)13(17)16-11-12-7-3-2-4-8-12/h2-4,7-8H,5-6,9-11H2,(H,16,17). The monoisotopic (exact) mass is 228 g/mol. The van der Waals surface area contributed by atoms with Gasteiger partial charge in [-0.1, -0.05) is 30.3 Å². The van der Waals surface area contributed by atoms with Gasteiger partial charge in [-0.05, 0) is 18.4 Å². The fraction of sp³-hybridized carbons (Fsp3) is 0.429. The molecule has 17 heavy (non-hydrogen) atoms. The summed E-state index contributed by atoms with van der Waals surface area (Å²) in [4.78, 5) is 15.6. The van der Waals surface area contributed by atoms with E-state index in [0.717, 1.165) is 18.4 Å². The summed E-state index contributed by atoms with van der Waals surface area (Å²) in [6.45, 7) is 7.74. The highest BCUT2D eigenvalue weighted by Gasteiger charge is 2.47. The van der Waals surface area contributed by atoms with Gasteiger partial charge >= 0.3 is 11.4 Å². The van der Waals surface area contributed by atoms with Crippen molar-refractivity contribution in [3.8, 4) is 0 Å². The Morgan fingerprint density at radius 3 is 2.53 bits per heavy atom. The van der Waals surface area contributed by atoms with E-state index in [9.17, 15) is 4.79 Å². The van der Waals surface area contributed by atoms with Gasteiger partial charge in [0.1, 0.15) is 0 Å². The molecule has 1 aliphatic carbocycles. The van der Waals surface area contributed by atoms with E-state index in [2.05, 4.69) is 10.2 Å². The van der Waals surface area contributed by atoms with Crippen LogP contribution in [0.3, 0.4) is 0 Å². The molecule has 0 aliphatic heterocycles. The molecule has 1 amide bonds. The highest BCUT2D eigenvalue weighted by molar-refractivity contribution is 5.88. The molecule has 0 bridgehead atoms. The lowest BCUT2D eigenvalue weighted by Gasteiger charge is -2.15. The molecule has 0 saturated heterocycles. The average Bonchev–Trinajstić information content (AvgIpc) is 2.87. The van der Waals surface area contributed by atoms with Crippen LogP contribution >= 0.6 is 0 Å². The van der Waals surface area contributed by atoms with E-state index < -0.39 is 5.54 Å². The van der Waals surface area contributed by atoms with E-state index in [1.54, 1.807) is 0 Å². The summed E-state index contributed by atoms with van der Waals surface area (Å²) in [6, 6.07) is 9.78. The van der Waals surface area contributed by atoms with Gasteiger partial charge < -0.3 is 5.32 Å². The summed E-state index contributed by atoms with van der Waals surface area (Å²) in [5.41, 5.74) is 0.286. The summed E-state index contributed by atoms with van der Waals surface area (Å²) in [5.74, 6) is -0.103. The van der Waals surface area contributed by atoms with Gasteiger partial charge in [-0.3, -0.25) is 9.64 Å². The fourth-order valence-corrected chi connectivity index (χ4v) is 2.29. The van der Waals surface area contributed by atoms with Crippen LogP contribution in [0.2, 0.25) is 0 Å². The predicted molar refractivity (Wildman–Crippen MR) is 66.1 cm³/mol. The minimum atomic E-state index is -0.783. The molecule has 0 aromatic heterocycles. The first-order valence-electron chi connectivity index (χ1n) is 5.98. The molecule has 0 heterocycles. The lowest BCUT2D eigenvalue weighted by Crippen LogP contribution is -2.41. The molecule has 0 radical (unpaired) electrons. The van der Waals surface area contributed by atoms with Crippen molar-refractivity contribution in [3.63, 3.8) is 0 Å². The van der Waals surface area contributed by atoms with Gasteiger partial charge in [-0.25, -0.2) is 6.57 Å². The van der Waals surface area contributed by atoms with Gasteiger partial charge in [-0.15, -0.1) is 0 Å². The number of carbonyl (C=O) groups excluding carboxylic acids is 1. The third-order valence-corrected chi connectivity index (χ3v) is 3.36. The van der Waals surface area contributed by atoms with E-state index in [-0.39, 0.29) is 5.91 Å². The molecule has 3 heteroatoms. The highest BCUT2D eigenvalue weighted by Crippen LogP contribution is 2.33. The molecule has 1 N–H and O–H groups in total. The third kappa shape index (κ3) is 2.47. The molecule has 0 unspecified atom stereocenters. The molecule has 1 fully saturated rings. The quantitative estimate of drug-likeness (QED) is 0.792. The normalized spacial score (nSPS) is 17.4. The van der Waals surface area contributed by atoms with Gasteiger partial charge in [0.2, 0.25) is 0 Å². The van der Waals surface area contributed by atoms with E-state index in [4.69, 9.17) is 6.57 Å². The molecule has 1 aliphatic rings. The van der Waals surface area contributed by atoms with Crippen LogP contribution in [0.5, 0.6) is 0 Å². The van der Waals surface area contributed by atoms with Crippen LogP contribution in [-0.2, 0) is 11.3 Å². The van der Waals surface area contributed by atoms with Crippen LogP contribution in [0.4, 0.5) is 0 Å². The number of rotatable bonds is 3. The Morgan fingerprint density at radius 2 is 1.94 bits per heavy atom. The smallest absolute Gasteiger partial charge is 0.308 e. The largest absolute Gasteiger partial charge is 0.345 e. The maximum absolute atomic E-state index is 12.0. The maximum Gasteiger partial charge on any atom is 0.308 e. The van der Waals surface area contributed by atoms with Crippen molar-refractivity contribution in [2.75, 3.05) is 0 Å². The number of amides is 1. The third-order valence-electron chi connectivity index (χ3n) is 3.36. The van der Waals surface area contributed by atoms with Crippen LogP contribution in [0.25, 0.3) is 4.85 Å². The Labute approximate surface area is 102 Å². The van der Waals surface area contributed by atoms with Crippen LogP contribution in [-0.4, -0.2) is 11.4 Å². The average molecular weight is 228 g/mol. The molecular formula is C14H16N2O. The van der Waals surface area contributed by atoms with E-state index in [0.29, 0.717) is 19.4 Å². The zero-order valence-electron chi connectivity index (χ0n) is 9.78. The summed E-state index contributed by atoms with van der Waals surface area (Å²) in [6.07, 6.45) is 3.39. The molecule has 3 nitrogen and oxygen atoms in total. The lowest BCUT2D eigenvalue weighted by molar-refractivity contribution is -0.124. The predicted octanol–water partition coefficient (Wildman–Crippen LogP) is 2.53. The Hall–Kier alpha value is -1.82. The first-order valence-corrected chi connectivity index (χ1v) is 5.98. The number of hydrogen-bond donors (Lipinski definition) is 1. The summed E-state index contributed by atoms with van der Waals surface area (Å²) >= 11 is 0. The lowest BCUT2D eigenvalue weighted by atomic mass is 9.97. The molecule has 1 saturated carbocycles. The van der Waals surface area contributed by atoms with Gasteiger partial charge in [0, 0.05) is 19.4 Å². The topological polar surface area (TPSA) is 33.5 Å². The molecule has 0 atom stereocenters. The van der Waals surface area contributed by atoms with Crippen molar-refractivity contribution in [1.82, 2.24) is 5.32 Å². The summed E-state index contributed by atoms with van der Waals surface area (Å²) < 4.78 is 0. The van der Waals surface area contributed by atoms with Crippen molar-refractivity contribution in [2.45, 2.75) is 37.8 Å². The molecule has 88 valence electrons. The number of nitrogens with zero attached hydrogens (tertiary/aromatic N) is 1. The molecule has 2 rings (SSSR count). The van der Waals surface area contributed by atoms with Crippen molar-refractivity contribution in [1.29, 1.82) is 0 Å². The van der Waals surface area contributed by atoms with E-state index in [1.165, 1.54) is 0 Å². The zero-order valence-corrected chi connectivity index (χ0v) is 9.78. The van der Waals surface area contributed by atoms with Gasteiger partial charge in [0.15, 0.2) is 0 Å². The van der Waals surface area contributed by atoms with Gasteiger partial charge in [0.05, 0.1) is 0 Å². The van der Waals surface area contributed by atoms with Crippen LogP contribution < -0.4 is 5.32 Å². The maximum atomic E-state index is 12.0. The Kier molecular flexibility index (Phi) is 3.43. The molecular weight excluding hydrogens is 212 g/mol. The summed E-state index contributed by atoms with van der Waals surface area (Å²) in [5, 5.41) is 2.88. The highest BCUT2D eigenvalue weighted by atomic mass is 16.2. The van der Waals surface area contributed by atoms with Gasteiger partial charge in [-0.2, -0.15) is 0 Å². The second-order valence-corrected chi connectivity index (χ2v) is 4.52. The minimum absolute atomic E-state index is 0.103. The fourth-order valence-electron chi connectivity index (χ4n) is 2.29. The van der Waals surface area contributed by atoms with E-state index in [1.807, 2.05) is 30.3 Å². The molecule has 1 aromatic rings. The second kappa shape index (κ2) is 5.01. The van der Waals surface area contributed by atoms with Crippen LogP contribution in [0, 0.1) is 6.57 Å². The van der Waals surface area contributed by atoms with Crippen LogP contribution in [0.15, 0.2) is 30.3 Å². The van der Waals surface area contributed by atoms with Crippen molar-refractivity contribution in [3.05, 3.63) is 47.3 Å². The Bertz CT molecular complexity index is 427. The molecule has 0 spiro atoms. The number of nitrogens with one attached hydrogen (secondary N) is 1. The zero-order chi connectivity index (χ0) is 12.1. The van der Waals surface area contributed by atoms with Crippen molar-refractivity contribution >= 4 is 5.91 Å². The van der Waals surface area contributed by atoms with Gasteiger partial charge in [0.25, 0.3) is 0 Å². The second-order valence-electron chi connectivity index (χ2n) is 4.52. The number of benzene rings is 1. The first kappa shape index (κ1) is 11.7. The Balaban J connectivity index is 1.96. The number of carbonyl (C=O) groups is 1. The van der Waals surface area contributed by atoms with Crippen molar-refractivity contribution < 1.29 is 4.79 Å². The van der Waals surface area contributed by atoms with Crippen LogP contribution in [0.1, 0.15) is 31.2 Å².